The maximum absolute atomic E-state index is 12.6. The van der Waals surface area contributed by atoms with Crippen molar-refractivity contribution in [1.29, 1.82) is 0 Å². The molecule has 0 unspecified atom stereocenters. The second-order valence-corrected chi connectivity index (χ2v) is 4.75. The van der Waals surface area contributed by atoms with E-state index in [0.29, 0.717) is 17.3 Å². The summed E-state index contributed by atoms with van der Waals surface area (Å²) in [6, 6.07) is 7.35. The summed E-state index contributed by atoms with van der Waals surface area (Å²) in [5.41, 5.74) is -1.39. The van der Waals surface area contributed by atoms with Gasteiger partial charge in [-0.1, -0.05) is 11.6 Å². The Morgan fingerprint density at radius 3 is 2.29 bits per heavy atom. The molecule has 3 nitrogen and oxygen atoms in total. The van der Waals surface area contributed by atoms with Crippen molar-refractivity contribution < 1.29 is 18.0 Å². The molecule has 0 aliphatic carbocycles. The minimum atomic E-state index is -4.57. The molecule has 1 heterocycles. The first-order valence-corrected chi connectivity index (χ1v) is 6.21. The van der Waals surface area contributed by atoms with Gasteiger partial charge in [-0.05, 0) is 30.3 Å². The normalized spacial score (nSPS) is 11.4. The molecule has 21 heavy (non-hydrogen) atoms. The summed E-state index contributed by atoms with van der Waals surface area (Å²) in [7, 11) is 0. The quantitative estimate of drug-likeness (QED) is 0.814. The van der Waals surface area contributed by atoms with E-state index in [0.717, 1.165) is 10.6 Å². The zero-order valence-corrected chi connectivity index (χ0v) is 11.3. The summed E-state index contributed by atoms with van der Waals surface area (Å²) in [6.07, 6.45) is -3.94. The van der Waals surface area contributed by atoms with Gasteiger partial charge in [-0.3, -0.25) is 9.59 Å². The van der Waals surface area contributed by atoms with Crippen LogP contribution in [0.1, 0.15) is 15.9 Å². The number of carbonyl (C=O) groups is 1. The molecule has 1 aromatic carbocycles. The van der Waals surface area contributed by atoms with E-state index < -0.39 is 29.6 Å². The van der Waals surface area contributed by atoms with Crippen LogP contribution in [0.15, 0.2) is 47.4 Å². The van der Waals surface area contributed by atoms with E-state index in [4.69, 9.17) is 11.6 Å². The summed E-state index contributed by atoms with van der Waals surface area (Å²) in [4.78, 5) is 23.5. The molecule has 0 aliphatic rings. The molecule has 0 N–H and O–H groups in total. The Morgan fingerprint density at radius 2 is 1.71 bits per heavy atom. The van der Waals surface area contributed by atoms with E-state index >= 15 is 0 Å². The van der Waals surface area contributed by atoms with Crippen LogP contribution < -0.4 is 5.56 Å². The minimum absolute atomic E-state index is 0.267. The molecular weight excluding hydrogens is 307 g/mol. The molecule has 1 aromatic heterocycles. The van der Waals surface area contributed by atoms with Gasteiger partial charge in [0, 0.05) is 22.8 Å². The molecule has 0 atom stereocenters. The standard InChI is InChI=1S/C14H9ClF3NO2/c15-11-4-1-9(2-5-11)12(20)8-19-7-10(14(16,17)18)3-6-13(19)21/h1-7H,8H2. The van der Waals surface area contributed by atoms with Crippen molar-refractivity contribution in [3.63, 3.8) is 0 Å². The number of rotatable bonds is 3. The minimum Gasteiger partial charge on any atom is -0.307 e. The molecule has 7 heteroatoms. The third-order valence-corrected chi connectivity index (χ3v) is 3.04. The lowest BCUT2D eigenvalue weighted by molar-refractivity contribution is -0.138. The summed E-state index contributed by atoms with van der Waals surface area (Å²) < 4.78 is 38.5. The van der Waals surface area contributed by atoms with Gasteiger partial charge in [-0.15, -0.1) is 0 Å². The van der Waals surface area contributed by atoms with Gasteiger partial charge in [0.1, 0.15) is 0 Å². The van der Waals surface area contributed by atoms with Gasteiger partial charge in [0.15, 0.2) is 5.78 Å². The van der Waals surface area contributed by atoms with Gasteiger partial charge in [-0.25, -0.2) is 0 Å². The summed E-state index contributed by atoms with van der Waals surface area (Å²) >= 11 is 5.68. The lowest BCUT2D eigenvalue weighted by Crippen LogP contribution is -2.25. The topological polar surface area (TPSA) is 39.1 Å². The highest BCUT2D eigenvalue weighted by Gasteiger charge is 2.31. The van der Waals surface area contributed by atoms with E-state index in [9.17, 15) is 22.8 Å². The fraction of sp³-hybridized carbons (Fsp3) is 0.143. The molecule has 0 amide bonds. The van der Waals surface area contributed by atoms with Crippen LogP contribution in [-0.4, -0.2) is 10.4 Å². The number of carbonyl (C=O) groups excluding carboxylic acids is 1. The Morgan fingerprint density at radius 1 is 1.10 bits per heavy atom. The Kier molecular flexibility index (Phi) is 4.18. The highest BCUT2D eigenvalue weighted by atomic mass is 35.5. The fourth-order valence-electron chi connectivity index (χ4n) is 1.70. The van der Waals surface area contributed by atoms with Crippen molar-refractivity contribution in [3.8, 4) is 0 Å². The maximum atomic E-state index is 12.6. The molecular formula is C14H9ClF3NO2. The first kappa shape index (κ1) is 15.3. The molecule has 0 fully saturated rings. The van der Waals surface area contributed by atoms with Crippen molar-refractivity contribution in [2.24, 2.45) is 0 Å². The largest absolute Gasteiger partial charge is 0.417 e. The number of Topliss-reactive ketones (excluding diaryl/α,β-unsaturated/α-hetero) is 1. The van der Waals surface area contributed by atoms with Crippen LogP contribution >= 0.6 is 11.6 Å². The number of hydrogen-bond donors (Lipinski definition) is 0. The number of hydrogen-bond acceptors (Lipinski definition) is 2. The number of benzene rings is 1. The summed E-state index contributed by atoms with van der Waals surface area (Å²) in [6.45, 7) is -0.468. The number of halogens is 4. The zero-order valence-electron chi connectivity index (χ0n) is 10.5. The van der Waals surface area contributed by atoms with Gasteiger partial charge < -0.3 is 4.57 Å². The average molecular weight is 316 g/mol. The van der Waals surface area contributed by atoms with Gasteiger partial charge in [0.25, 0.3) is 5.56 Å². The molecule has 0 aliphatic heterocycles. The molecule has 0 saturated heterocycles. The highest BCUT2D eigenvalue weighted by Crippen LogP contribution is 2.28. The first-order chi connectivity index (χ1) is 9.77. The lowest BCUT2D eigenvalue weighted by Gasteiger charge is -2.10. The van der Waals surface area contributed by atoms with Gasteiger partial charge in [-0.2, -0.15) is 13.2 Å². The lowest BCUT2D eigenvalue weighted by atomic mass is 10.1. The SMILES string of the molecule is O=C(Cn1cc(C(F)(F)F)ccc1=O)c1ccc(Cl)cc1. The summed E-state index contributed by atoms with van der Waals surface area (Å²) in [5.74, 6) is -0.479. The van der Waals surface area contributed by atoms with E-state index in [-0.39, 0.29) is 5.56 Å². The van der Waals surface area contributed by atoms with E-state index in [2.05, 4.69) is 0 Å². The molecule has 110 valence electrons. The molecule has 2 aromatic rings. The predicted molar refractivity (Wildman–Crippen MR) is 71.5 cm³/mol. The second kappa shape index (κ2) is 5.73. The average Bonchev–Trinajstić information content (AvgIpc) is 2.40. The summed E-state index contributed by atoms with van der Waals surface area (Å²) in [5, 5.41) is 0.433. The fourth-order valence-corrected chi connectivity index (χ4v) is 1.83. The second-order valence-electron chi connectivity index (χ2n) is 4.31. The maximum Gasteiger partial charge on any atom is 0.417 e. The highest BCUT2D eigenvalue weighted by molar-refractivity contribution is 6.30. The predicted octanol–water partition coefficient (Wildman–Crippen LogP) is 3.40. The van der Waals surface area contributed by atoms with Crippen molar-refractivity contribution in [3.05, 3.63) is 69.1 Å². The van der Waals surface area contributed by atoms with Gasteiger partial charge in [0.05, 0.1) is 12.1 Å². The van der Waals surface area contributed by atoms with Crippen molar-refractivity contribution in [2.75, 3.05) is 0 Å². The first-order valence-electron chi connectivity index (χ1n) is 5.84. The van der Waals surface area contributed by atoms with Gasteiger partial charge >= 0.3 is 6.18 Å². The molecule has 0 saturated carbocycles. The third kappa shape index (κ3) is 3.72. The Bertz CT molecular complexity index is 720. The molecule has 0 bridgehead atoms. The van der Waals surface area contributed by atoms with E-state index in [1.165, 1.54) is 24.3 Å². The molecule has 0 spiro atoms. The van der Waals surface area contributed by atoms with Crippen molar-refractivity contribution in [1.82, 2.24) is 4.57 Å². The van der Waals surface area contributed by atoms with E-state index in [1.54, 1.807) is 0 Å². The number of aromatic nitrogens is 1. The number of alkyl halides is 3. The van der Waals surface area contributed by atoms with Crippen LogP contribution in [0.25, 0.3) is 0 Å². The zero-order chi connectivity index (χ0) is 15.6. The number of pyridine rings is 1. The van der Waals surface area contributed by atoms with Crippen molar-refractivity contribution >= 4 is 17.4 Å². The van der Waals surface area contributed by atoms with Crippen molar-refractivity contribution in [2.45, 2.75) is 12.7 Å². The van der Waals surface area contributed by atoms with Crippen LogP contribution in [0.3, 0.4) is 0 Å². The third-order valence-electron chi connectivity index (χ3n) is 2.79. The van der Waals surface area contributed by atoms with E-state index in [1.807, 2.05) is 0 Å². The monoisotopic (exact) mass is 315 g/mol. The number of ketones is 1. The van der Waals surface area contributed by atoms with Crippen LogP contribution in [0.4, 0.5) is 13.2 Å². The Hall–Kier alpha value is -2.08. The Labute approximate surface area is 122 Å². The molecule has 2 rings (SSSR count). The van der Waals surface area contributed by atoms with Gasteiger partial charge in [0.2, 0.25) is 0 Å². The smallest absolute Gasteiger partial charge is 0.307 e. The van der Waals surface area contributed by atoms with Crippen LogP contribution in [-0.2, 0) is 12.7 Å². The van der Waals surface area contributed by atoms with Crippen LogP contribution in [0.2, 0.25) is 5.02 Å². The Balaban J connectivity index is 2.29. The number of nitrogens with zero attached hydrogens (tertiary/aromatic N) is 1. The van der Waals surface area contributed by atoms with Crippen LogP contribution in [0, 0.1) is 0 Å². The van der Waals surface area contributed by atoms with Crippen LogP contribution in [0.5, 0.6) is 0 Å². The molecule has 0 radical (unpaired) electrons.